The molecule has 0 fully saturated rings. The Bertz CT molecular complexity index is 869. The lowest BCUT2D eigenvalue weighted by Crippen LogP contribution is -2.11. The molecule has 0 radical (unpaired) electrons. The summed E-state index contributed by atoms with van der Waals surface area (Å²) in [6.45, 7) is 8.97. The summed E-state index contributed by atoms with van der Waals surface area (Å²) in [5, 5.41) is 0.730. The molecule has 1 aromatic heterocycles. The molecule has 0 saturated carbocycles. The van der Waals surface area contributed by atoms with Crippen molar-refractivity contribution in [3.8, 4) is 5.75 Å². The fourth-order valence-electron chi connectivity index (χ4n) is 3.00. The quantitative estimate of drug-likeness (QED) is 0.581. The van der Waals surface area contributed by atoms with Gasteiger partial charge in [-0.1, -0.05) is 36.2 Å². The summed E-state index contributed by atoms with van der Waals surface area (Å²) >= 11 is 6.18. The molecular weight excluding hydrogens is 320 g/mol. The molecule has 0 aliphatic carbocycles. The van der Waals surface area contributed by atoms with Gasteiger partial charge in [0.05, 0.1) is 11.0 Å². The Morgan fingerprint density at radius 1 is 1.17 bits per heavy atom. The monoisotopic (exact) mass is 342 g/mol. The number of halogens is 1. The Balaban J connectivity index is 1.96. The number of imidazole rings is 1. The average molecular weight is 343 g/mol. The Labute approximate surface area is 148 Å². The van der Waals surface area contributed by atoms with Crippen molar-refractivity contribution < 1.29 is 4.74 Å². The lowest BCUT2D eigenvalue weighted by atomic mass is 10.1. The fraction of sp³-hybridized carbons (Fsp3) is 0.350. The Morgan fingerprint density at radius 3 is 2.67 bits per heavy atom. The van der Waals surface area contributed by atoms with Gasteiger partial charge in [-0.3, -0.25) is 0 Å². The molecule has 1 heterocycles. The van der Waals surface area contributed by atoms with Gasteiger partial charge in [0.2, 0.25) is 0 Å². The third kappa shape index (κ3) is 3.27. The van der Waals surface area contributed by atoms with Crippen LogP contribution < -0.4 is 4.74 Å². The molecule has 0 saturated heterocycles. The summed E-state index contributed by atoms with van der Waals surface area (Å²) < 4.78 is 8.30. The highest BCUT2D eigenvalue weighted by molar-refractivity contribution is 6.31. The molecular formula is C20H23ClN2O. The number of benzene rings is 2. The number of hydrogen-bond acceptors (Lipinski definition) is 2. The minimum absolute atomic E-state index is 0.339. The number of hydrogen-bond donors (Lipinski definition) is 0. The van der Waals surface area contributed by atoms with Gasteiger partial charge in [0, 0.05) is 11.1 Å². The van der Waals surface area contributed by atoms with Gasteiger partial charge < -0.3 is 9.30 Å². The van der Waals surface area contributed by atoms with E-state index in [-0.39, 0.29) is 0 Å². The first-order chi connectivity index (χ1) is 11.5. The van der Waals surface area contributed by atoms with E-state index in [4.69, 9.17) is 21.3 Å². The minimum atomic E-state index is 0.339. The lowest BCUT2D eigenvalue weighted by molar-refractivity contribution is 0.284. The highest BCUT2D eigenvalue weighted by atomic mass is 35.5. The van der Waals surface area contributed by atoms with Crippen LogP contribution in [0.2, 0.25) is 5.02 Å². The molecule has 4 heteroatoms. The van der Waals surface area contributed by atoms with E-state index in [1.165, 1.54) is 5.56 Å². The third-order valence-corrected chi connectivity index (χ3v) is 4.68. The van der Waals surface area contributed by atoms with E-state index >= 15 is 0 Å². The first-order valence-corrected chi connectivity index (χ1v) is 8.73. The van der Waals surface area contributed by atoms with Gasteiger partial charge >= 0.3 is 0 Å². The number of aryl methyl sites for hydroxylation is 2. The van der Waals surface area contributed by atoms with Gasteiger partial charge in [0.1, 0.15) is 18.2 Å². The molecule has 126 valence electrons. The smallest absolute Gasteiger partial charge is 0.148 e. The van der Waals surface area contributed by atoms with Crippen LogP contribution in [0.4, 0.5) is 0 Å². The second-order valence-electron chi connectivity index (χ2n) is 6.35. The summed E-state index contributed by atoms with van der Waals surface area (Å²) in [6.07, 6.45) is 1.02. The van der Waals surface area contributed by atoms with Gasteiger partial charge in [0.25, 0.3) is 0 Å². The number of fused-ring (bicyclic) bond motifs is 1. The predicted molar refractivity (Wildman–Crippen MR) is 100.0 cm³/mol. The maximum absolute atomic E-state index is 6.18. The van der Waals surface area contributed by atoms with Crippen molar-refractivity contribution in [1.82, 2.24) is 9.55 Å². The minimum Gasteiger partial charge on any atom is -0.485 e. The molecule has 0 bridgehead atoms. The average Bonchev–Trinajstić information content (AvgIpc) is 2.90. The molecule has 0 spiro atoms. The van der Waals surface area contributed by atoms with Crippen LogP contribution in [-0.2, 0) is 6.61 Å². The Kier molecular flexibility index (Phi) is 4.81. The molecule has 3 aromatic rings. The molecule has 0 N–H and O–H groups in total. The standard InChI is InChI=1S/C20H23ClN2O/c1-5-15(4)23-18-11-16(21)7-8-17(18)22-20(23)12-24-19-9-6-13(2)10-14(19)3/h6-11,15H,5,12H2,1-4H3. The van der Waals surface area contributed by atoms with E-state index in [1.54, 1.807) is 0 Å². The molecule has 2 aromatic carbocycles. The van der Waals surface area contributed by atoms with Gasteiger partial charge in [0.15, 0.2) is 0 Å². The zero-order valence-electron chi connectivity index (χ0n) is 14.6. The van der Waals surface area contributed by atoms with Crippen LogP contribution in [-0.4, -0.2) is 9.55 Å². The second-order valence-corrected chi connectivity index (χ2v) is 6.78. The third-order valence-electron chi connectivity index (χ3n) is 4.44. The summed E-state index contributed by atoms with van der Waals surface area (Å²) in [5.41, 5.74) is 4.40. The topological polar surface area (TPSA) is 27.1 Å². The van der Waals surface area contributed by atoms with Gasteiger partial charge in [-0.05, 0) is 57.0 Å². The van der Waals surface area contributed by atoms with Crippen molar-refractivity contribution in [3.63, 3.8) is 0 Å². The van der Waals surface area contributed by atoms with Crippen LogP contribution in [0.5, 0.6) is 5.75 Å². The first-order valence-electron chi connectivity index (χ1n) is 8.36. The summed E-state index contributed by atoms with van der Waals surface area (Å²) in [7, 11) is 0. The molecule has 1 atom stereocenters. The summed E-state index contributed by atoms with van der Waals surface area (Å²) in [5.74, 6) is 1.84. The van der Waals surface area contributed by atoms with E-state index in [0.717, 1.165) is 39.6 Å². The van der Waals surface area contributed by atoms with Crippen LogP contribution in [0.3, 0.4) is 0 Å². The van der Waals surface area contributed by atoms with Gasteiger partial charge in [-0.2, -0.15) is 0 Å². The van der Waals surface area contributed by atoms with Crippen LogP contribution in [0.1, 0.15) is 43.3 Å². The van der Waals surface area contributed by atoms with Gasteiger partial charge in [-0.25, -0.2) is 4.98 Å². The lowest BCUT2D eigenvalue weighted by Gasteiger charge is -2.17. The van der Waals surface area contributed by atoms with Crippen LogP contribution in [0.25, 0.3) is 11.0 Å². The van der Waals surface area contributed by atoms with Crippen molar-refractivity contribution in [3.05, 3.63) is 58.4 Å². The normalized spacial score (nSPS) is 12.5. The van der Waals surface area contributed by atoms with Crippen molar-refractivity contribution >= 4 is 22.6 Å². The number of aromatic nitrogens is 2. The summed E-state index contributed by atoms with van der Waals surface area (Å²) in [6, 6.07) is 12.4. The second kappa shape index (κ2) is 6.86. The van der Waals surface area contributed by atoms with Crippen molar-refractivity contribution in [1.29, 1.82) is 0 Å². The molecule has 3 rings (SSSR count). The summed E-state index contributed by atoms with van der Waals surface area (Å²) in [4.78, 5) is 4.76. The SMILES string of the molecule is CCC(C)n1c(COc2ccc(C)cc2C)nc2ccc(Cl)cc21. The van der Waals surface area contributed by atoms with Crippen molar-refractivity contribution in [2.45, 2.75) is 46.8 Å². The maximum atomic E-state index is 6.18. The van der Waals surface area contributed by atoms with E-state index in [9.17, 15) is 0 Å². The number of ether oxygens (including phenoxy) is 1. The largest absolute Gasteiger partial charge is 0.485 e. The number of nitrogens with zero attached hydrogens (tertiary/aromatic N) is 2. The first kappa shape index (κ1) is 16.8. The zero-order chi connectivity index (χ0) is 17.3. The van der Waals surface area contributed by atoms with E-state index in [0.29, 0.717) is 12.6 Å². The molecule has 24 heavy (non-hydrogen) atoms. The van der Waals surface area contributed by atoms with E-state index in [1.807, 2.05) is 24.3 Å². The molecule has 0 aliphatic rings. The molecule has 0 amide bonds. The fourth-order valence-corrected chi connectivity index (χ4v) is 3.16. The van der Waals surface area contributed by atoms with Crippen LogP contribution >= 0.6 is 11.6 Å². The molecule has 0 aliphatic heterocycles. The Morgan fingerprint density at radius 2 is 1.96 bits per heavy atom. The maximum Gasteiger partial charge on any atom is 0.148 e. The molecule has 3 nitrogen and oxygen atoms in total. The van der Waals surface area contributed by atoms with Crippen LogP contribution in [0, 0.1) is 13.8 Å². The van der Waals surface area contributed by atoms with E-state index in [2.05, 4.69) is 44.4 Å². The zero-order valence-corrected chi connectivity index (χ0v) is 15.4. The van der Waals surface area contributed by atoms with Crippen molar-refractivity contribution in [2.24, 2.45) is 0 Å². The van der Waals surface area contributed by atoms with Gasteiger partial charge in [-0.15, -0.1) is 0 Å². The highest BCUT2D eigenvalue weighted by Crippen LogP contribution is 2.27. The predicted octanol–water partition coefficient (Wildman–Crippen LogP) is 5.86. The molecule has 1 unspecified atom stereocenters. The van der Waals surface area contributed by atoms with Crippen molar-refractivity contribution in [2.75, 3.05) is 0 Å². The van der Waals surface area contributed by atoms with Crippen LogP contribution in [0.15, 0.2) is 36.4 Å². The highest BCUT2D eigenvalue weighted by Gasteiger charge is 2.16. The number of rotatable bonds is 5. The van der Waals surface area contributed by atoms with E-state index < -0.39 is 0 Å². The Hall–Kier alpha value is -2.00.